The number of rotatable bonds is 3. The van der Waals surface area contributed by atoms with Gasteiger partial charge in [-0.1, -0.05) is 6.08 Å². The molecule has 7 heteroatoms. The van der Waals surface area contributed by atoms with Crippen molar-refractivity contribution in [2.75, 3.05) is 6.54 Å². The van der Waals surface area contributed by atoms with E-state index in [4.69, 9.17) is 0 Å². The van der Waals surface area contributed by atoms with E-state index in [9.17, 15) is 9.59 Å². The van der Waals surface area contributed by atoms with Gasteiger partial charge in [0.1, 0.15) is 5.39 Å². The predicted octanol–water partition coefficient (Wildman–Crippen LogP) is -0.205. The summed E-state index contributed by atoms with van der Waals surface area (Å²) >= 11 is 0. The van der Waals surface area contributed by atoms with Gasteiger partial charge in [-0.05, 0) is 6.08 Å². The van der Waals surface area contributed by atoms with Crippen molar-refractivity contribution in [2.24, 2.45) is 0 Å². The zero-order valence-corrected chi connectivity index (χ0v) is 9.15. The molecule has 0 fully saturated rings. The Morgan fingerprint density at radius 2 is 2.41 bits per heavy atom. The molecule has 0 unspecified atom stereocenters. The van der Waals surface area contributed by atoms with Crippen LogP contribution in [0.2, 0.25) is 0 Å². The first kappa shape index (κ1) is 11.1. The Labute approximate surface area is 96.0 Å². The Hall–Kier alpha value is -2.44. The lowest BCUT2D eigenvalue weighted by Crippen LogP contribution is -2.19. The molecule has 88 valence electrons. The van der Waals surface area contributed by atoms with Crippen molar-refractivity contribution in [3.63, 3.8) is 0 Å². The fourth-order valence-corrected chi connectivity index (χ4v) is 1.39. The average molecular weight is 233 g/mol. The molecule has 0 aliphatic heterocycles. The maximum absolute atomic E-state index is 11.5. The number of carbonyl (C=O) groups excluding carboxylic acids is 1. The molecule has 2 aromatic heterocycles. The summed E-state index contributed by atoms with van der Waals surface area (Å²) in [6, 6.07) is 0. The van der Waals surface area contributed by atoms with Gasteiger partial charge in [-0.25, -0.2) is 4.98 Å². The molecule has 0 bridgehead atoms. The van der Waals surface area contributed by atoms with Gasteiger partial charge in [-0.15, -0.1) is 0 Å². The van der Waals surface area contributed by atoms with Crippen molar-refractivity contribution in [3.8, 4) is 0 Å². The molecule has 0 aliphatic rings. The number of amides is 1. The lowest BCUT2D eigenvalue weighted by Gasteiger charge is -1.93. The van der Waals surface area contributed by atoms with Gasteiger partial charge in [0.25, 0.3) is 5.56 Å². The molecular formula is C10H11N5O2. The van der Waals surface area contributed by atoms with Crippen LogP contribution < -0.4 is 10.9 Å². The van der Waals surface area contributed by atoms with E-state index in [1.165, 1.54) is 13.3 Å². The molecule has 3 N–H and O–H groups in total. The van der Waals surface area contributed by atoms with Crippen molar-refractivity contribution in [1.29, 1.82) is 0 Å². The first-order valence-electron chi connectivity index (χ1n) is 5.01. The van der Waals surface area contributed by atoms with Crippen LogP contribution in [0.5, 0.6) is 0 Å². The zero-order chi connectivity index (χ0) is 12.3. The summed E-state index contributed by atoms with van der Waals surface area (Å²) in [7, 11) is 0. The fraction of sp³-hybridized carbons (Fsp3) is 0.200. The van der Waals surface area contributed by atoms with E-state index < -0.39 is 0 Å². The summed E-state index contributed by atoms with van der Waals surface area (Å²) in [6.45, 7) is 1.84. The minimum atomic E-state index is -0.247. The molecule has 0 atom stereocenters. The number of H-pyrrole nitrogens is 2. The van der Waals surface area contributed by atoms with Gasteiger partial charge in [-0.3, -0.25) is 14.7 Å². The smallest absolute Gasteiger partial charge is 0.262 e. The van der Waals surface area contributed by atoms with Gasteiger partial charge < -0.3 is 10.3 Å². The highest BCUT2D eigenvalue weighted by molar-refractivity contribution is 5.82. The monoisotopic (exact) mass is 233 g/mol. The summed E-state index contributed by atoms with van der Waals surface area (Å²) in [5.41, 5.74) is 0.690. The average Bonchev–Trinajstić information content (AvgIpc) is 2.69. The largest absolute Gasteiger partial charge is 0.353 e. The highest BCUT2D eigenvalue weighted by atomic mass is 16.1. The van der Waals surface area contributed by atoms with E-state index in [-0.39, 0.29) is 11.5 Å². The molecule has 2 heterocycles. The number of hydrogen-bond acceptors (Lipinski definition) is 4. The van der Waals surface area contributed by atoms with Gasteiger partial charge in [0, 0.05) is 13.5 Å². The minimum absolute atomic E-state index is 0.108. The Balaban J connectivity index is 2.25. The van der Waals surface area contributed by atoms with Gasteiger partial charge in [-0.2, -0.15) is 5.10 Å². The van der Waals surface area contributed by atoms with E-state index in [0.29, 0.717) is 23.3 Å². The molecule has 17 heavy (non-hydrogen) atoms. The molecule has 7 nitrogen and oxygen atoms in total. The van der Waals surface area contributed by atoms with E-state index in [1.807, 2.05) is 0 Å². The van der Waals surface area contributed by atoms with Gasteiger partial charge in [0.15, 0.2) is 5.65 Å². The molecule has 0 saturated heterocycles. The predicted molar refractivity (Wildman–Crippen MR) is 62.2 cm³/mol. The third-order valence-corrected chi connectivity index (χ3v) is 2.14. The van der Waals surface area contributed by atoms with Crippen molar-refractivity contribution >= 4 is 23.0 Å². The lowest BCUT2D eigenvalue weighted by molar-refractivity contribution is -0.118. The number of nitrogens with one attached hydrogen (secondary N) is 3. The fourth-order valence-electron chi connectivity index (χ4n) is 1.39. The van der Waals surface area contributed by atoms with Crippen LogP contribution >= 0.6 is 0 Å². The Kier molecular flexibility index (Phi) is 2.99. The maximum atomic E-state index is 11.5. The summed E-state index contributed by atoms with van der Waals surface area (Å²) in [5.74, 6) is -0.108. The molecule has 0 aliphatic carbocycles. The van der Waals surface area contributed by atoms with Gasteiger partial charge in [0.2, 0.25) is 5.91 Å². The first-order valence-corrected chi connectivity index (χ1v) is 5.01. The summed E-state index contributed by atoms with van der Waals surface area (Å²) < 4.78 is 0. The topological polar surface area (TPSA) is 104 Å². The zero-order valence-electron chi connectivity index (χ0n) is 9.15. The number of hydrogen-bond donors (Lipinski definition) is 3. The van der Waals surface area contributed by atoms with Crippen LogP contribution in [0.4, 0.5) is 0 Å². The van der Waals surface area contributed by atoms with Crippen LogP contribution in [0.25, 0.3) is 17.1 Å². The second kappa shape index (κ2) is 4.60. The van der Waals surface area contributed by atoms with Gasteiger partial charge >= 0.3 is 0 Å². The standard InChI is InChI=1S/C10H11N5O2/c1-6(16)11-4-2-3-7-8-9(15-14-7)12-5-13-10(8)17/h2-3,5H,4H2,1H3,(H,11,16)(H2,12,13,14,15,17). The highest BCUT2D eigenvalue weighted by Gasteiger charge is 2.06. The number of fused-ring (bicyclic) bond motifs is 1. The molecule has 1 amide bonds. The van der Waals surface area contributed by atoms with E-state index in [0.717, 1.165) is 0 Å². The molecule has 0 spiro atoms. The Bertz CT molecular complexity index is 625. The summed E-state index contributed by atoms with van der Waals surface area (Å²) in [5, 5.41) is 9.63. The molecule has 0 aromatic carbocycles. The Morgan fingerprint density at radius 3 is 3.18 bits per heavy atom. The van der Waals surface area contributed by atoms with Crippen LogP contribution in [0, 0.1) is 0 Å². The highest BCUT2D eigenvalue weighted by Crippen LogP contribution is 2.08. The van der Waals surface area contributed by atoms with Crippen molar-refractivity contribution < 1.29 is 4.79 Å². The quantitative estimate of drug-likeness (QED) is 0.682. The van der Waals surface area contributed by atoms with Crippen molar-refractivity contribution in [2.45, 2.75) is 6.92 Å². The molecule has 2 rings (SSSR count). The van der Waals surface area contributed by atoms with Gasteiger partial charge in [0.05, 0.1) is 12.0 Å². The minimum Gasteiger partial charge on any atom is -0.353 e. The summed E-state index contributed by atoms with van der Waals surface area (Å²) in [4.78, 5) is 28.6. The van der Waals surface area contributed by atoms with Crippen LogP contribution in [0.1, 0.15) is 12.6 Å². The van der Waals surface area contributed by atoms with Crippen molar-refractivity contribution in [3.05, 3.63) is 28.5 Å². The SMILES string of the molecule is CC(=O)NCC=Cc1[nH]nc2nc[nH]c(=O)c12. The van der Waals surface area contributed by atoms with Crippen molar-refractivity contribution in [1.82, 2.24) is 25.5 Å². The van der Waals surface area contributed by atoms with E-state index in [1.54, 1.807) is 12.2 Å². The van der Waals surface area contributed by atoms with E-state index >= 15 is 0 Å². The third-order valence-electron chi connectivity index (χ3n) is 2.14. The normalized spacial score (nSPS) is 11.1. The molecule has 2 aromatic rings. The number of aromatic nitrogens is 4. The number of nitrogens with zero attached hydrogens (tertiary/aromatic N) is 2. The first-order chi connectivity index (χ1) is 8.18. The third kappa shape index (κ3) is 2.39. The summed E-state index contributed by atoms with van der Waals surface area (Å²) in [6.07, 6.45) is 4.71. The Morgan fingerprint density at radius 1 is 1.59 bits per heavy atom. The lowest BCUT2D eigenvalue weighted by atomic mass is 10.3. The number of carbonyl (C=O) groups is 1. The van der Waals surface area contributed by atoms with Crippen LogP contribution in [-0.2, 0) is 4.79 Å². The number of aromatic amines is 2. The van der Waals surface area contributed by atoms with Crippen LogP contribution in [0.15, 0.2) is 17.2 Å². The maximum Gasteiger partial charge on any atom is 0.262 e. The van der Waals surface area contributed by atoms with Crippen LogP contribution in [-0.4, -0.2) is 32.6 Å². The molecular weight excluding hydrogens is 222 g/mol. The second-order valence-corrected chi connectivity index (χ2v) is 3.41. The van der Waals surface area contributed by atoms with E-state index in [2.05, 4.69) is 25.5 Å². The second-order valence-electron chi connectivity index (χ2n) is 3.41. The molecule has 0 saturated carbocycles. The van der Waals surface area contributed by atoms with Crippen LogP contribution in [0.3, 0.4) is 0 Å². The molecule has 0 radical (unpaired) electrons.